The first-order chi connectivity index (χ1) is 9.83. The third-order valence-electron chi connectivity index (χ3n) is 3.11. The number of nitrogens with zero attached hydrogens (tertiary/aromatic N) is 1. The molecule has 0 atom stereocenters. The molecule has 0 aliphatic heterocycles. The maximum Gasteiger partial charge on any atom is 0.160 e. The molecule has 5 heteroatoms. The summed E-state index contributed by atoms with van der Waals surface area (Å²) < 4.78 is 10.5. The van der Waals surface area contributed by atoms with Gasteiger partial charge < -0.3 is 19.8 Å². The molecule has 2 rings (SSSR count). The third kappa shape index (κ3) is 3.99. The van der Waals surface area contributed by atoms with Crippen LogP contribution in [0.2, 0.25) is 0 Å². The molecule has 1 aromatic carbocycles. The highest BCUT2D eigenvalue weighted by Crippen LogP contribution is 2.27. The topological polar surface area (TPSA) is 59.2 Å². The minimum Gasteiger partial charge on any atom is -0.493 e. The number of benzene rings is 1. The molecule has 0 bridgehead atoms. The van der Waals surface area contributed by atoms with Crippen LogP contribution in [0.15, 0.2) is 30.6 Å². The van der Waals surface area contributed by atoms with Crippen LogP contribution >= 0.6 is 0 Å². The largest absolute Gasteiger partial charge is 0.493 e. The van der Waals surface area contributed by atoms with Gasteiger partial charge in [-0.3, -0.25) is 0 Å². The van der Waals surface area contributed by atoms with Gasteiger partial charge in [0.15, 0.2) is 11.5 Å². The second kappa shape index (κ2) is 7.55. The minimum absolute atomic E-state index is 0.771. The van der Waals surface area contributed by atoms with Gasteiger partial charge in [-0.25, -0.2) is 4.98 Å². The fraction of sp³-hybridized carbons (Fsp3) is 0.400. The Kier molecular flexibility index (Phi) is 5.43. The predicted molar refractivity (Wildman–Crippen MR) is 78.2 cm³/mol. The summed E-state index contributed by atoms with van der Waals surface area (Å²) in [7, 11) is 3.31. The number of hydrogen-bond donors (Lipinski definition) is 2. The summed E-state index contributed by atoms with van der Waals surface area (Å²) in [6.07, 6.45) is 5.67. The van der Waals surface area contributed by atoms with Gasteiger partial charge in [-0.15, -0.1) is 0 Å². The molecule has 1 aromatic heterocycles. The minimum atomic E-state index is 0.771. The molecule has 0 saturated carbocycles. The summed E-state index contributed by atoms with van der Waals surface area (Å²) in [5.41, 5.74) is 1.25. The lowest BCUT2D eigenvalue weighted by Crippen LogP contribution is -2.16. The lowest BCUT2D eigenvalue weighted by Gasteiger charge is -2.09. The van der Waals surface area contributed by atoms with Crippen LogP contribution in [0.1, 0.15) is 17.8 Å². The number of imidazole rings is 1. The maximum atomic E-state index is 5.30. The van der Waals surface area contributed by atoms with Crippen LogP contribution in [0.3, 0.4) is 0 Å². The van der Waals surface area contributed by atoms with Crippen LogP contribution in [0, 0.1) is 0 Å². The maximum absolute atomic E-state index is 5.30. The Morgan fingerprint density at radius 3 is 2.75 bits per heavy atom. The summed E-state index contributed by atoms with van der Waals surface area (Å²) in [4.78, 5) is 7.23. The Morgan fingerprint density at radius 2 is 2.05 bits per heavy atom. The van der Waals surface area contributed by atoms with Crippen LogP contribution in [-0.4, -0.2) is 30.7 Å². The number of H-pyrrole nitrogens is 1. The molecule has 0 spiro atoms. The zero-order valence-electron chi connectivity index (χ0n) is 12.0. The Morgan fingerprint density at radius 1 is 1.20 bits per heavy atom. The van der Waals surface area contributed by atoms with Gasteiger partial charge >= 0.3 is 0 Å². The highest BCUT2D eigenvalue weighted by molar-refractivity contribution is 5.42. The average molecular weight is 275 g/mol. The standard InChI is InChI=1S/C15H21N3O2/c1-19-13-6-5-12(10-14(13)20-2)4-3-7-16-11-15-17-8-9-18-15/h5-6,8-10,16H,3-4,7,11H2,1-2H3,(H,17,18). The van der Waals surface area contributed by atoms with E-state index in [0.29, 0.717) is 0 Å². The van der Waals surface area contributed by atoms with Gasteiger partial charge in [0.05, 0.1) is 20.8 Å². The van der Waals surface area contributed by atoms with Crippen molar-refractivity contribution in [3.8, 4) is 11.5 Å². The van der Waals surface area contributed by atoms with Gasteiger partial charge in [0.2, 0.25) is 0 Å². The first-order valence-electron chi connectivity index (χ1n) is 6.73. The lowest BCUT2D eigenvalue weighted by atomic mass is 10.1. The van der Waals surface area contributed by atoms with Gasteiger partial charge in [-0.1, -0.05) is 6.07 Å². The van der Waals surface area contributed by atoms with Gasteiger partial charge in [0.1, 0.15) is 5.82 Å². The lowest BCUT2D eigenvalue weighted by molar-refractivity contribution is 0.354. The molecule has 0 saturated heterocycles. The van der Waals surface area contributed by atoms with E-state index in [9.17, 15) is 0 Å². The van der Waals surface area contributed by atoms with E-state index in [-0.39, 0.29) is 0 Å². The van der Waals surface area contributed by atoms with Crippen LogP contribution in [-0.2, 0) is 13.0 Å². The molecule has 0 aliphatic rings. The van der Waals surface area contributed by atoms with Crippen molar-refractivity contribution in [2.24, 2.45) is 0 Å². The van der Waals surface area contributed by atoms with Gasteiger partial charge in [-0.05, 0) is 37.1 Å². The summed E-state index contributed by atoms with van der Waals surface area (Å²) in [5, 5.41) is 3.36. The summed E-state index contributed by atoms with van der Waals surface area (Å²) in [6, 6.07) is 6.06. The summed E-state index contributed by atoms with van der Waals surface area (Å²) in [5.74, 6) is 2.52. The van der Waals surface area contributed by atoms with E-state index in [1.54, 1.807) is 20.4 Å². The van der Waals surface area contributed by atoms with Crippen molar-refractivity contribution in [3.63, 3.8) is 0 Å². The van der Waals surface area contributed by atoms with Crippen LogP contribution < -0.4 is 14.8 Å². The number of aromatic nitrogens is 2. The monoisotopic (exact) mass is 275 g/mol. The number of nitrogens with one attached hydrogen (secondary N) is 2. The van der Waals surface area contributed by atoms with Crippen molar-refractivity contribution in [3.05, 3.63) is 42.0 Å². The van der Waals surface area contributed by atoms with Crippen LogP contribution in [0.25, 0.3) is 0 Å². The van der Waals surface area contributed by atoms with E-state index in [1.807, 2.05) is 18.3 Å². The smallest absolute Gasteiger partial charge is 0.160 e. The Bertz CT molecular complexity index is 512. The van der Waals surface area contributed by atoms with E-state index >= 15 is 0 Å². The molecule has 20 heavy (non-hydrogen) atoms. The molecule has 2 N–H and O–H groups in total. The fourth-order valence-corrected chi connectivity index (χ4v) is 2.06. The SMILES string of the molecule is COc1ccc(CCCNCc2ncc[nH]2)cc1OC. The van der Waals surface area contributed by atoms with Crippen LogP contribution in [0.4, 0.5) is 0 Å². The summed E-state index contributed by atoms with van der Waals surface area (Å²) >= 11 is 0. The van der Waals surface area contributed by atoms with Crippen molar-refractivity contribution in [1.29, 1.82) is 0 Å². The zero-order chi connectivity index (χ0) is 14.2. The second-order valence-corrected chi connectivity index (χ2v) is 4.51. The van der Waals surface area contributed by atoms with E-state index in [1.165, 1.54) is 5.56 Å². The Balaban J connectivity index is 1.73. The fourth-order valence-electron chi connectivity index (χ4n) is 2.06. The molecule has 0 aliphatic carbocycles. The number of aryl methyl sites for hydroxylation is 1. The molecule has 0 fully saturated rings. The van der Waals surface area contributed by atoms with E-state index in [4.69, 9.17) is 9.47 Å². The van der Waals surface area contributed by atoms with Gasteiger partial charge in [0, 0.05) is 12.4 Å². The quantitative estimate of drug-likeness (QED) is 0.725. The Hall–Kier alpha value is -2.01. The molecule has 0 radical (unpaired) electrons. The second-order valence-electron chi connectivity index (χ2n) is 4.51. The molecule has 0 unspecified atom stereocenters. The van der Waals surface area contributed by atoms with E-state index in [0.717, 1.165) is 43.3 Å². The van der Waals surface area contributed by atoms with Gasteiger partial charge in [-0.2, -0.15) is 0 Å². The van der Waals surface area contributed by atoms with Crippen molar-refractivity contribution in [2.45, 2.75) is 19.4 Å². The molecule has 1 heterocycles. The normalized spacial score (nSPS) is 10.5. The highest BCUT2D eigenvalue weighted by atomic mass is 16.5. The third-order valence-corrected chi connectivity index (χ3v) is 3.11. The van der Waals surface area contributed by atoms with Crippen molar-refractivity contribution < 1.29 is 9.47 Å². The predicted octanol–water partition coefficient (Wildman–Crippen LogP) is 2.15. The van der Waals surface area contributed by atoms with Crippen molar-refractivity contribution >= 4 is 0 Å². The number of rotatable bonds is 8. The van der Waals surface area contributed by atoms with E-state index in [2.05, 4.69) is 21.4 Å². The molecule has 108 valence electrons. The highest BCUT2D eigenvalue weighted by Gasteiger charge is 2.04. The van der Waals surface area contributed by atoms with Crippen molar-refractivity contribution in [1.82, 2.24) is 15.3 Å². The number of ether oxygens (including phenoxy) is 2. The van der Waals surface area contributed by atoms with Gasteiger partial charge in [0.25, 0.3) is 0 Å². The zero-order valence-corrected chi connectivity index (χ0v) is 12.0. The number of hydrogen-bond acceptors (Lipinski definition) is 4. The van der Waals surface area contributed by atoms with Crippen LogP contribution in [0.5, 0.6) is 11.5 Å². The Labute approximate surface area is 119 Å². The van der Waals surface area contributed by atoms with Crippen molar-refractivity contribution in [2.75, 3.05) is 20.8 Å². The summed E-state index contributed by atoms with van der Waals surface area (Å²) in [6.45, 7) is 1.73. The number of aromatic amines is 1. The van der Waals surface area contributed by atoms with E-state index < -0.39 is 0 Å². The molecular weight excluding hydrogens is 254 g/mol. The average Bonchev–Trinajstić information content (AvgIpc) is 3.00. The molecular formula is C15H21N3O2. The number of methoxy groups -OCH3 is 2. The molecule has 0 amide bonds. The first kappa shape index (κ1) is 14.4. The molecule has 5 nitrogen and oxygen atoms in total. The first-order valence-corrected chi connectivity index (χ1v) is 6.73. The molecule has 2 aromatic rings.